The molecule has 0 unspecified atom stereocenters. The summed E-state index contributed by atoms with van der Waals surface area (Å²) in [5.74, 6) is 0.227. The molecule has 1 saturated heterocycles. The van der Waals surface area contributed by atoms with Gasteiger partial charge in [-0.2, -0.15) is 0 Å². The Balaban J connectivity index is 1.58. The van der Waals surface area contributed by atoms with Crippen molar-refractivity contribution >= 4 is 23.4 Å². The third-order valence-corrected chi connectivity index (χ3v) is 5.78. The first-order valence-corrected chi connectivity index (χ1v) is 10.0. The molecule has 1 saturated carbocycles. The maximum Gasteiger partial charge on any atom is 0.256 e. The molecule has 0 radical (unpaired) electrons. The third kappa shape index (κ3) is 3.66. The Labute approximate surface area is 168 Å². The van der Waals surface area contributed by atoms with E-state index in [1.54, 1.807) is 47.6 Å². The summed E-state index contributed by atoms with van der Waals surface area (Å²) in [5, 5.41) is 3.43. The van der Waals surface area contributed by atoms with E-state index in [-0.39, 0.29) is 25.0 Å². The van der Waals surface area contributed by atoms with Crippen LogP contribution >= 0.6 is 11.6 Å². The number of hydrogen-bond acceptors (Lipinski definition) is 4. The van der Waals surface area contributed by atoms with E-state index in [1.807, 2.05) is 0 Å². The molecule has 2 heterocycles. The van der Waals surface area contributed by atoms with Crippen LogP contribution in [0.3, 0.4) is 0 Å². The van der Waals surface area contributed by atoms with E-state index >= 15 is 0 Å². The smallest absolute Gasteiger partial charge is 0.256 e. The number of rotatable bonds is 4. The quantitative estimate of drug-likeness (QED) is 0.845. The minimum absolute atomic E-state index is 0.198. The highest BCUT2D eigenvalue weighted by Gasteiger charge is 2.52. The molecule has 6 nitrogen and oxygen atoms in total. The fourth-order valence-corrected chi connectivity index (χ4v) is 4.23. The fraction of sp³-hybridized carbons (Fsp3) is 0.429. The van der Waals surface area contributed by atoms with E-state index < -0.39 is 11.8 Å². The van der Waals surface area contributed by atoms with Crippen LogP contribution in [0.5, 0.6) is 0 Å². The first-order chi connectivity index (χ1) is 13.6. The first-order valence-electron chi connectivity index (χ1n) is 9.62. The fourth-order valence-electron chi connectivity index (χ4n) is 4.11. The zero-order chi connectivity index (χ0) is 19.6. The third-order valence-electron chi connectivity index (χ3n) is 5.52. The van der Waals surface area contributed by atoms with Gasteiger partial charge in [0.05, 0.1) is 19.4 Å². The van der Waals surface area contributed by atoms with Gasteiger partial charge in [-0.05, 0) is 62.1 Å². The molecular formula is C21H23ClN2O4. The summed E-state index contributed by atoms with van der Waals surface area (Å²) in [4.78, 5) is 28.0. The molecule has 1 N–H and O–H groups in total. The molecule has 4 rings (SSSR count). The molecule has 1 spiro atoms. The van der Waals surface area contributed by atoms with Crippen molar-refractivity contribution in [3.05, 3.63) is 59.0 Å². The van der Waals surface area contributed by atoms with Gasteiger partial charge in [0, 0.05) is 10.6 Å². The van der Waals surface area contributed by atoms with E-state index in [2.05, 4.69) is 5.32 Å². The number of furan rings is 1. The lowest BCUT2D eigenvalue weighted by molar-refractivity contribution is -0.127. The van der Waals surface area contributed by atoms with Gasteiger partial charge < -0.3 is 14.5 Å². The highest BCUT2D eigenvalue weighted by molar-refractivity contribution is 6.30. The van der Waals surface area contributed by atoms with E-state index in [0.29, 0.717) is 16.3 Å². The van der Waals surface area contributed by atoms with Crippen molar-refractivity contribution in [2.45, 2.75) is 50.4 Å². The minimum Gasteiger partial charge on any atom is -0.467 e. The van der Waals surface area contributed by atoms with Crippen LogP contribution in [0.4, 0.5) is 0 Å². The van der Waals surface area contributed by atoms with Gasteiger partial charge in [0.1, 0.15) is 17.5 Å². The van der Waals surface area contributed by atoms with Crippen molar-refractivity contribution in [3.63, 3.8) is 0 Å². The monoisotopic (exact) mass is 402 g/mol. The number of benzene rings is 1. The highest BCUT2D eigenvalue weighted by atomic mass is 35.5. The number of halogens is 1. The second-order valence-electron chi connectivity index (χ2n) is 7.31. The molecule has 1 aliphatic carbocycles. The van der Waals surface area contributed by atoms with Crippen LogP contribution in [0.1, 0.15) is 48.2 Å². The topological polar surface area (TPSA) is 71.8 Å². The maximum atomic E-state index is 13.4. The lowest BCUT2D eigenvalue weighted by Gasteiger charge is -2.41. The number of carbonyl (C=O) groups is 2. The van der Waals surface area contributed by atoms with Crippen molar-refractivity contribution < 1.29 is 18.7 Å². The van der Waals surface area contributed by atoms with Crippen molar-refractivity contribution in [1.82, 2.24) is 10.2 Å². The van der Waals surface area contributed by atoms with Crippen LogP contribution < -0.4 is 5.32 Å². The molecule has 1 aromatic carbocycles. The van der Waals surface area contributed by atoms with Gasteiger partial charge in [-0.25, -0.2) is 0 Å². The average molecular weight is 403 g/mol. The van der Waals surface area contributed by atoms with Gasteiger partial charge in [-0.3, -0.25) is 14.5 Å². The molecule has 1 aromatic heterocycles. The van der Waals surface area contributed by atoms with Crippen LogP contribution in [0.15, 0.2) is 47.1 Å². The molecule has 1 aliphatic heterocycles. The Morgan fingerprint density at radius 1 is 1.14 bits per heavy atom. The molecule has 148 valence electrons. The number of hydrogen-bond donors (Lipinski definition) is 1. The standard InChI is InChI=1S/C21H23ClN2O4/c22-16-8-6-15(7-9-16)20(26)24-18(14-28-21(24)10-2-1-3-11-21)19(25)23-13-17-5-4-12-27-17/h4-9,12,18H,1-3,10-11,13-14H2,(H,23,25)/t18-/m0/s1. The number of ether oxygens (including phenoxy) is 1. The zero-order valence-corrected chi connectivity index (χ0v) is 16.3. The van der Waals surface area contributed by atoms with Crippen LogP contribution in [0.2, 0.25) is 5.02 Å². The van der Waals surface area contributed by atoms with Crippen molar-refractivity contribution in [2.75, 3.05) is 6.61 Å². The first kappa shape index (κ1) is 19.0. The van der Waals surface area contributed by atoms with Crippen molar-refractivity contribution in [2.24, 2.45) is 0 Å². The van der Waals surface area contributed by atoms with Gasteiger partial charge in [0.25, 0.3) is 5.91 Å². The van der Waals surface area contributed by atoms with Gasteiger partial charge in [0.2, 0.25) is 5.91 Å². The predicted octanol–water partition coefficient (Wildman–Crippen LogP) is 3.75. The van der Waals surface area contributed by atoms with E-state index in [1.165, 1.54) is 0 Å². The molecule has 28 heavy (non-hydrogen) atoms. The molecule has 0 bridgehead atoms. The van der Waals surface area contributed by atoms with Gasteiger partial charge in [-0.1, -0.05) is 18.0 Å². The van der Waals surface area contributed by atoms with E-state index in [9.17, 15) is 9.59 Å². The van der Waals surface area contributed by atoms with Crippen LogP contribution in [-0.2, 0) is 16.1 Å². The molecule has 1 atom stereocenters. The molecule has 2 fully saturated rings. The molecule has 7 heteroatoms. The van der Waals surface area contributed by atoms with Crippen molar-refractivity contribution in [3.8, 4) is 0 Å². The average Bonchev–Trinajstić information content (AvgIpc) is 3.35. The van der Waals surface area contributed by atoms with Gasteiger partial charge in [-0.15, -0.1) is 0 Å². The van der Waals surface area contributed by atoms with Crippen molar-refractivity contribution in [1.29, 1.82) is 0 Å². The summed E-state index contributed by atoms with van der Waals surface area (Å²) in [6.07, 6.45) is 6.12. The largest absolute Gasteiger partial charge is 0.467 e. The number of nitrogens with one attached hydrogen (secondary N) is 1. The SMILES string of the molecule is O=C(NCc1ccco1)[C@@H]1COC2(CCCCC2)N1C(=O)c1ccc(Cl)cc1. The van der Waals surface area contributed by atoms with E-state index in [4.69, 9.17) is 20.8 Å². The Bertz CT molecular complexity index is 829. The predicted molar refractivity (Wildman–Crippen MR) is 104 cm³/mol. The highest BCUT2D eigenvalue weighted by Crippen LogP contribution is 2.41. The molecule has 2 amide bonds. The van der Waals surface area contributed by atoms with Crippen LogP contribution in [0.25, 0.3) is 0 Å². The summed E-state index contributed by atoms with van der Waals surface area (Å²) >= 11 is 5.96. The number of nitrogens with zero attached hydrogens (tertiary/aromatic N) is 1. The normalized spacial score (nSPS) is 21.0. The molecule has 2 aliphatic rings. The maximum absolute atomic E-state index is 13.4. The van der Waals surface area contributed by atoms with Crippen LogP contribution in [-0.4, -0.2) is 35.1 Å². The summed E-state index contributed by atoms with van der Waals surface area (Å²) in [7, 11) is 0. The summed E-state index contributed by atoms with van der Waals surface area (Å²) in [6, 6.07) is 9.65. The second-order valence-corrected chi connectivity index (χ2v) is 7.75. The zero-order valence-electron chi connectivity index (χ0n) is 15.5. The van der Waals surface area contributed by atoms with E-state index in [0.717, 1.165) is 32.1 Å². The summed E-state index contributed by atoms with van der Waals surface area (Å²) < 4.78 is 11.4. The lowest BCUT2D eigenvalue weighted by Crippen LogP contribution is -2.56. The Kier molecular flexibility index (Phi) is 5.42. The Hall–Kier alpha value is -2.31. The minimum atomic E-state index is -0.707. The number of carbonyl (C=O) groups excluding carboxylic acids is 2. The van der Waals surface area contributed by atoms with Gasteiger partial charge >= 0.3 is 0 Å². The summed E-state index contributed by atoms with van der Waals surface area (Å²) in [5.41, 5.74) is -0.203. The van der Waals surface area contributed by atoms with Gasteiger partial charge in [0.15, 0.2) is 0 Å². The number of amides is 2. The van der Waals surface area contributed by atoms with Crippen LogP contribution in [0, 0.1) is 0 Å². The Morgan fingerprint density at radius 3 is 2.57 bits per heavy atom. The molecule has 2 aromatic rings. The summed E-state index contributed by atoms with van der Waals surface area (Å²) in [6.45, 7) is 0.474. The Morgan fingerprint density at radius 2 is 1.89 bits per heavy atom. The second kappa shape index (κ2) is 7.97. The molecular weight excluding hydrogens is 380 g/mol. The lowest BCUT2D eigenvalue weighted by atomic mass is 9.89.